The Bertz CT molecular complexity index is 1110. The van der Waals surface area contributed by atoms with Crippen LogP contribution in [0.25, 0.3) is 16.9 Å². The molecule has 0 saturated carbocycles. The molecule has 2 N–H and O–H groups in total. The fourth-order valence-electron chi connectivity index (χ4n) is 3.54. The number of anilines is 1. The van der Waals surface area contributed by atoms with Crippen LogP contribution >= 0.6 is 0 Å². The van der Waals surface area contributed by atoms with Crippen LogP contribution < -0.4 is 10.6 Å². The van der Waals surface area contributed by atoms with Gasteiger partial charge in [0.2, 0.25) is 11.8 Å². The number of carbonyl (C=O) groups excluding carboxylic acids is 2. The lowest BCUT2D eigenvalue weighted by Gasteiger charge is -2.15. The number of benzene rings is 2. The zero-order chi connectivity index (χ0) is 22.0. The molecule has 8 heteroatoms. The van der Waals surface area contributed by atoms with Crippen LogP contribution in [0.3, 0.4) is 0 Å². The van der Waals surface area contributed by atoms with Gasteiger partial charge in [-0.3, -0.25) is 9.59 Å². The maximum Gasteiger partial charge on any atom is 0.273 e. The number of amides is 2. The van der Waals surface area contributed by atoms with Gasteiger partial charge in [-0.2, -0.15) is 0 Å². The number of alkyl halides is 2. The van der Waals surface area contributed by atoms with Crippen LogP contribution in [0.5, 0.6) is 0 Å². The van der Waals surface area contributed by atoms with Crippen LogP contribution in [0.4, 0.5) is 14.6 Å². The lowest BCUT2D eigenvalue weighted by Crippen LogP contribution is -2.24. The van der Waals surface area contributed by atoms with Gasteiger partial charge in [-0.15, -0.1) is 5.10 Å². The summed E-state index contributed by atoms with van der Waals surface area (Å²) >= 11 is 0. The van der Waals surface area contributed by atoms with Gasteiger partial charge in [0.25, 0.3) is 5.92 Å². The second-order valence-electron chi connectivity index (χ2n) is 7.50. The second kappa shape index (κ2) is 8.29. The van der Waals surface area contributed by atoms with Crippen molar-refractivity contribution in [1.82, 2.24) is 15.1 Å². The van der Waals surface area contributed by atoms with Crippen LogP contribution in [-0.4, -0.2) is 28.1 Å². The molecule has 1 aliphatic rings. The number of nitrogens with one attached hydrogen (secondary N) is 2. The van der Waals surface area contributed by atoms with Crippen molar-refractivity contribution in [3.63, 3.8) is 0 Å². The van der Waals surface area contributed by atoms with Gasteiger partial charge in [-0.05, 0) is 18.2 Å². The fraction of sp³-hybridized carbons (Fsp3) is 0.261. The van der Waals surface area contributed by atoms with Crippen LogP contribution in [0.15, 0.2) is 60.7 Å². The Morgan fingerprint density at radius 3 is 2.65 bits per heavy atom. The SMILES string of the molecule is CCC(F)(F)c1cccc(-c2cc(NC(=O)[C@@H]3CNC(=O)C3)nn2-c2ccccc2)c1. The lowest BCUT2D eigenvalue weighted by atomic mass is 10.0. The number of rotatable bonds is 6. The second-order valence-corrected chi connectivity index (χ2v) is 7.50. The van der Waals surface area contributed by atoms with Gasteiger partial charge in [0.05, 0.1) is 17.3 Å². The summed E-state index contributed by atoms with van der Waals surface area (Å²) in [6.07, 6.45) is -0.171. The Labute approximate surface area is 178 Å². The van der Waals surface area contributed by atoms with Crippen molar-refractivity contribution < 1.29 is 18.4 Å². The molecule has 6 nitrogen and oxygen atoms in total. The van der Waals surface area contributed by atoms with Crippen molar-refractivity contribution in [2.45, 2.75) is 25.7 Å². The molecule has 1 saturated heterocycles. The highest BCUT2D eigenvalue weighted by Crippen LogP contribution is 2.35. The van der Waals surface area contributed by atoms with Crippen molar-refractivity contribution in [2.24, 2.45) is 5.92 Å². The summed E-state index contributed by atoms with van der Waals surface area (Å²) in [4.78, 5) is 23.9. The molecule has 0 radical (unpaired) electrons. The van der Waals surface area contributed by atoms with E-state index in [2.05, 4.69) is 15.7 Å². The average Bonchev–Trinajstić information content (AvgIpc) is 3.41. The first-order valence-corrected chi connectivity index (χ1v) is 10.1. The molecule has 0 bridgehead atoms. The molecule has 2 heterocycles. The van der Waals surface area contributed by atoms with E-state index >= 15 is 0 Å². The number of aromatic nitrogens is 2. The molecule has 31 heavy (non-hydrogen) atoms. The molecule has 1 fully saturated rings. The van der Waals surface area contributed by atoms with E-state index in [1.165, 1.54) is 19.1 Å². The predicted octanol–water partition coefficient (Wildman–Crippen LogP) is 4.12. The van der Waals surface area contributed by atoms with Crippen LogP contribution in [0.2, 0.25) is 0 Å². The predicted molar refractivity (Wildman–Crippen MR) is 113 cm³/mol. The third-order valence-electron chi connectivity index (χ3n) is 5.33. The smallest absolute Gasteiger partial charge is 0.273 e. The summed E-state index contributed by atoms with van der Waals surface area (Å²) in [7, 11) is 0. The highest BCUT2D eigenvalue weighted by molar-refractivity contribution is 5.97. The summed E-state index contributed by atoms with van der Waals surface area (Å²) in [6, 6.07) is 17.1. The van der Waals surface area contributed by atoms with E-state index in [4.69, 9.17) is 0 Å². The molecule has 0 spiro atoms. The van der Waals surface area contributed by atoms with E-state index in [1.54, 1.807) is 22.9 Å². The maximum absolute atomic E-state index is 14.3. The van der Waals surface area contributed by atoms with Gasteiger partial charge in [0, 0.05) is 36.6 Å². The van der Waals surface area contributed by atoms with Gasteiger partial charge < -0.3 is 10.6 Å². The van der Waals surface area contributed by atoms with Gasteiger partial charge in [0.15, 0.2) is 5.82 Å². The fourth-order valence-corrected chi connectivity index (χ4v) is 3.54. The quantitative estimate of drug-likeness (QED) is 0.625. The molecule has 0 unspecified atom stereocenters. The third-order valence-corrected chi connectivity index (χ3v) is 5.33. The highest BCUT2D eigenvalue weighted by atomic mass is 19.3. The monoisotopic (exact) mass is 424 g/mol. The standard InChI is InChI=1S/C23H22F2N4O2/c1-2-23(24,25)17-8-6-7-15(11-17)19-13-20(27-22(31)16-12-21(30)26-14-16)28-29(19)18-9-4-3-5-10-18/h3-11,13,16H,2,12,14H2,1H3,(H,26,30)(H,27,28,31)/t16-/m0/s1. The largest absolute Gasteiger partial charge is 0.355 e. The van der Waals surface area contributed by atoms with E-state index in [9.17, 15) is 18.4 Å². The molecule has 1 aromatic heterocycles. The Morgan fingerprint density at radius 1 is 1.19 bits per heavy atom. The summed E-state index contributed by atoms with van der Waals surface area (Å²) < 4.78 is 30.2. The molecule has 3 aromatic rings. The third kappa shape index (κ3) is 4.33. The summed E-state index contributed by atoms with van der Waals surface area (Å²) in [5, 5.41) is 9.87. The van der Waals surface area contributed by atoms with Crippen LogP contribution in [0, 0.1) is 5.92 Å². The number of hydrogen-bond acceptors (Lipinski definition) is 3. The van der Waals surface area contributed by atoms with Crippen molar-refractivity contribution in [2.75, 3.05) is 11.9 Å². The molecule has 4 rings (SSSR count). The topological polar surface area (TPSA) is 76.0 Å². The molecular formula is C23H22F2N4O2. The number of carbonyl (C=O) groups is 2. The van der Waals surface area contributed by atoms with Gasteiger partial charge in [0.1, 0.15) is 0 Å². The molecule has 0 aliphatic carbocycles. The Morgan fingerprint density at radius 2 is 1.97 bits per heavy atom. The minimum absolute atomic E-state index is 0.0746. The minimum Gasteiger partial charge on any atom is -0.355 e. The molecular weight excluding hydrogens is 402 g/mol. The summed E-state index contributed by atoms with van der Waals surface area (Å²) in [6.45, 7) is 1.72. The normalized spacial score (nSPS) is 16.2. The number of hydrogen-bond donors (Lipinski definition) is 2. The van der Waals surface area contributed by atoms with E-state index in [1.807, 2.05) is 30.3 Å². The summed E-state index contributed by atoms with van der Waals surface area (Å²) in [5.41, 5.74) is 1.77. The van der Waals surface area contributed by atoms with Gasteiger partial charge in [-0.25, -0.2) is 13.5 Å². The molecule has 160 valence electrons. The molecule has 1 atom stereocenters. The molecule has 2 aromatic carbocycles. The van der Waals surface area contributed by atoms with E-state index < -0.39 is 11.8 Å². The number of para-hydroxylation sites is 1. The Hall–Kier alpha value is -3.55. The molecule has 2 amide bonds. The first kappa shape index (κ1) is 20.7. The highest BCUT2D eigenvalue weighted by Gasteiger charge is 2.30. The van der Waals surface area contributed by atoms with Crippen LogP contribution in [0.1, 0.15) is 25.3 Å². The Balaban J connectivity index is 1.72. The number of nitrogens with zero attached hydrogens (tertiary/aromatic N) is 2. The van der Waals surface area contributed by atoms with Crippen molar-refractivity contribution >= 4 is 17.6 Å². The van der Waals surface area contributed by atoms with E-state index in [-0.39, 0.29) is 42.6 Å². The van der Waals surface area contributed by atoms with Crippen molar-refractivity contribution in [3.8, 4) is 16.9 Å². The van der Waals surface area contributed by atoms with Crippen molar-refractivity contribution in [1.29, 1.82) is 0 Å². The molecule has 1 aliphatic heterocycles. The van der Waals surface area contributed by atoms with Crippen LogP contribution in [-0.2, 0) is 15.5 Å². The average molecular weight is 424 g/mol. The first-order valence-electron chi connectivity index (χ1n) is 10.1. The summed E-state index contributed by atoms with van der Waals surface area (Å²) in [5.74, 6) is -3.59. The maximum atomic E-state index is 14.3. The zero-order valence-corrected chi connectivity index (χ0v) is 16.9. The first-order chi connectivity index (χ1) is 14.9. The van der Waals surface area contributed by atoms with E-state index in [0.29, 0.717) is 11.3 Å². The Kier molecular flexibility index (Phi) is 5.54. The zero-order valence-electron chi connectivity index (χ0n) is 16.9. The van der Waals surface area contributed by atoms with E-state index in [0.717, 1.165) is 5.69 Å². The minimum atomic E-state index is -2.94. The lowest BCUT2D eigenvalue weighted by molar-refractivity contribution is -0.123. The number of halogens is 2. The van der Waals surface area contributed by atoms with Gasteiger partial charge in [-0.1, -0.05) is 43.3 Å². The van der Waals surface area contributed by atoms with Gasteiger partial charge >= 0.3 is 0 Å². The van der Waals surface area contributed by atoms with Crippen molar-refractivity contribution in [3.05, 3.63) is 66.2 Å².